The van der Waals surface area contributed by atoms with Gasteiger partial charge in [0.2, 0.25) is 23.6 Å². The van der Waals surface area contributed by atoms with Gasteiger partial charge in [0, 0.05) is 50.4 Å². The van der Waals surface area contributed by atoms with Crippen molar-refractivity contribution in [3.63, 3.8) is 0 Å². The molecule has 0 saturated carbocycles. The fraction of sp³-hybridized carbons (Fsp3) is 0.217. The van der Waals surface area contributed by atoms with Crippen LogP contribution in [0.15, 0.2) is 119 Å². The molecule has 14 nitrogen and oxygen atoms in total. The van der Waals surface area contributed by atoms with Crippen molar-refractivity contribution in [2.24, 2.45) is 0 Å². The third-order valence-corrected chi connectivity index (χ3v) is 10.3. The number of benzene rings is 5. The molecule has 0 bridgehead atoms. The van der Waals surface area contributed by atoms with Gasteiger partial charge < -0.3 is 29.9 Å². The maximum Gasteiger partial charge on any atom is 0.273 e. The lowest BCUT2D eigenvalue weighted by atomic mass is 10.0. The van der Waals surface area contributed by atoms with Crippen molar-refractivity contribution in [2.75, 3.05) is 38.1 Å². The summed E-state index contributed by atoms with van der Waals surface area (Å²) in [4.78, 5) is 86.4. The van der Waals surface area contributed by atoms with E-state index in [2.05, 4.69) is 10.6 Å². The van der Waals surface area contributed by atoms with E-state index >= 15 is 0 Å². The number of anilines is 2. The molecule has 0 unspecified atom stereocenters. The van der Waals surface area contributed by atoms with Gasteiger partial charge in [0.1, 0.15) is 59.9 Å². The van der Waals surface area contributed by atoms with Crippen LogP contribution in [0.1, 0.15) is 11.1 Å². The predicted octanol–water partition coefficient (Wildman–Crippen LogP) is 4.52. The third-order valence-electron chi connectivity index (χ3n) is 10.3. The Morgan fingerprint density at radius 3 is 1.19 bits per heavy atom. The van der Waals surface area contributed by atoms with Crippen molar-refractivity contribution in [3.05, 3.63) is 164 Å². The van der Waals surface area contributed by atoms with E-state index in [4.69, 9.17) is 9.47 Å². The summed E-state index contributed by atoms with van der Waals surface area (Å²) < 4.78 is 68.9. The van der Waals surface area contributed by atoms with Gasteiger partial charge in [-0.1, -0.05) is 12.1 Å². The van der Waals surface area contributed by atoms with Crippen molar-refractivity contribution in [3.8, 4) is 11.5 Å². The number of ether oxygens (including phenoxy) is 2. The van der Waals surface area contributed by atoms with Gasteiger partial charge in [-0.2, -0.15) is 0 Å². The Bertz CT molecular complexity index is 2600. The minimum Gasteiger partial charge on any atom is -0.497 e. The molecule has 2 atom stereocenters. The first-order valence-electron chi connectivity index (χ1n) is 19.6. The molecule has 4 amide bonds. The van der Waals surface area contributed by atoms with Gasteiger partial charge in [0.05, 0.1) is 25.0 Å². The lowest BCUT2D eigenvalue weighted by Crippen LogP contribution is -2.52. The number of hydrogen-bond donors (Lipinski definition) is 2. The van der Waals surface area contributed by atoms with Crippen LogP contribution < -0.4 is 41.0 Å². The molecule has 0 fully saturated rings. The Hall–Kier alpha value is -7.76. The monoisotopic (exact) mass is 882 g/mol. The summed E-state index contributed by atoms with van der Waals surface area (Å²) in [5.41, 5.74) is -1.00. The summed E-state index contributed by atoms with van der Waals surface area (Å²) in [6.45, 7) is -1.88. The molecular formula is C46H42F4N6O8. The van der Waals surface area contributed by atoms with Gasteiger partial charge in [0.25, 0.3) is 11.1 Å². The molecule has 2 N–H and O–H groups in total. The number of methoxy groups -OCH3 is 2. The number of carbonyl (C=O) groups is 4. The zero-order valence-corrected chi connectivity index (χ0v) is 34.9. The van der Waals surface area contributed by atoms with Crippen LogP contribution in [0.4, 0.5) is 28.9 Å². The lowest BCUT2D eigenvalue weighted by molar-refractivity contribution is -0.129. The summed E-state index contributed by atoms with van der Waals surface area (Å²) in [7, 11) is 5.75. The highest BCUT2D eigenvalue weighted by Gasteiger charge is 2.29. The predicted molar refractivity (Wildman–Crippen MR) is 229 cm³/mol. The Morgan fingerprint density at radius 2 is 0.875 bits per heavy atom. The SMILES string of the molecule is COc1ccc(N(C)C(=O)[C@H](Cc2cc(F)cc(F)c2)NC(=O)Cn2c(=O)c3ccccc3c(=O)n2CC(=O)N[C@@H](Cc2cc(F)cc(F)c2)C(=O)N(C)c2ccc(OC)cc2)cc1. The van der Waals surface area contributed by atoms with E-state index in [1.165, 1.54) is 62.4 Å². The summed E-state index contributed by atoms with van der Waals surface area (Å²) >= 11 is 0. The van der Waals surface area contributed by atoms with E-state index in [0.717, 1.165) is 24.3 Å². The average molecular weight is 883 g/mol. The molecule has 6 aromatic rings. The minimum atomic E-state index is -1.48. The van der Waals surface area contributed by atoms with Crippen LogP contribution in [-0.4, -0.2) is 73.4 Å². The first-order valence-corrected chi connectivity index (χ1v) is 19.6. The molecule has 0 aliphatic heterocycles. The maximum atomic E-state index is 14.3. The molecule has 0 spiro atoms. The average Bonchev–Trinajstić information content (AvgIpc) is 3.27. The molecule has 64 heavy (non-hydrogen) atoms. The molecule has 0 aliphatic rings. The van der Waals surface area contributed by atoms with E-state index in [1.807, 2.05) is 0 Å². The standard InChI is InChI=1S/C46H42F4N6O8/c1-53(33-9-13-35(63-3)14-10-33)45(61)39(21-27-17-29(47)23-30(48)18-27)51-41(57)25-55-43(59)37-7-5-6-8-38(37)44(60)56(55)26-42(58)52-40(22-28-19-31(49)24-32(50)20-28)46(62)54(2)34-11-15-36(64-4)16-12-34/h5-20,23-24,39-40H,21-22,25-26H2,1-4H3,(H,51,57)(H,52,58)/t39-,40-/m0/s1. The van der Waals surface area contributed by atoms with Crippen molar-refractivity contribution in [1.29, 1.82) is 0 Å². The topological polar surface area (TPSA) is 161 Å². The van der Waals surface area contributed by atoms with Crippen LogP contribution in [-0.2, 0) is 45.1 Å². The van der Waals surface area contributed by atoms with Gasteiger partial charge >= 0.3 is 0 Å². The largest absolute Gasteiger partial charge is 0.497 e. The lowest BCUT2D eigenvalue weighted by Gasteiger charge is -2.26. The van der Waals surface area contributed by atoms with E-state index in [1.54, 1.807) is 48.5 Å². The second kappa shape index (κ2) is 20.0. The molecule has 0 saturated heterocycles. The Labute approximate surface area is 363 Å². The highest BCUT2D eigenvalue weighted by atomic mass is 19.1. The molecule has 18 heteroatoms. The Morgan fingerprint density at radius 1 is 0.547 bits per heavy atom. The normalized spacial score (nSPS) is 11.9. The first kappa shape index (κ1) is 45.8. The molecule has 1 heterocycles. The van der Waals surface area contributed by atoms with Crippen molar-refractivity contribution in [2.45, 2.75) is 38.0 Å². The van der Waals surface area contributed by atoms with E-state index in [0.29, 0.717) is 44.4 Å². The molecule has 0 aliphatic carbocycles. The van der Waals surface area contributed by atoms with Crippen LogP contribution in [0.25, 0.3) is 10.8 Å². The second-order valence-corrected chi connectivity index (χ2v) is 14.7. The number of aromatic nitrogens is 2. The van der Waals surface area contributed by atoms with Gasteiger partial charge in [-0.3, -0.25) is 28.8 Å². The molecule has 5 aromatic carbocycles. The molecule has 332 valence electrons. The Kier molecular flexibility index (Phi) is 14.3. The molecule has 0 radical (unpaired) electrons. The van der Waals surface area contributed by atoms with Crippen molar-refractivity contribution < 1.29 is 46.2 Å². The quantitative estimate of drug-likeness (QED) is 0.134. The maximum absolute atomic E-state index is 14.3. The molecule has 6 rings (SSSR count). The smallest absolute Gasteiger partial charge is 0.273 e. The fourth-order valence-electron chi connectivity index (χ4n) is 7.08. The Balaban J connectivity index is 1.32. The van der Waals surface area contributed by atoms with Gasteiger partial charge in [-0.05, 0) is 96.1 Å². The first-order chi connectivity index (χ1) is 30.5. The van der Waals surface area contributed by atoms with Crippen molar-refractivity contribution >= 4 is 45.8 Å². The molecule has 1 aromatic heterocycles. The summed E-state index contributed by atoms with van der Waals surface area (Å²) in [5, 5.41) is 4.83. The number of nitrogens with zero attached hydrogens (tertiary/aromatic N) is 4. The van der Waals surface area contributed by atoms with Gasteiger partial charge in [-0.25, -0.2) is 26.9 Å². The number of hydrogen-bond acceptors (Lipinski definition) is 8. The van der Waals surface area contributed by atoms with E-state index in [-0.39, 0.29) is 21.9 Å². The third kappa shape index (κ3) is 10.8. The highest BCUT2D eigenvalue weighted by Crippen LogP contribution is 2.22. The van der Waals surface area contributed by atoms with Crippen LogP contribution in [0.3, 0.4) is 0 Å². The van der Waals surface area contributed by atoms with Gasteiger partial charge in [-0.15, -0.1) is 0 Å². The van der Waals surface area contributed by atoms with E-state index in [9.17, 15) is 46.3 Å². The molecular weight excluding hydrogens is 841 g/mol. The number of nitrogens with one attached hydrogen (secondary N) is 2. The summed E-state index contributed by atoms with van der Waals surface area (Å²) in [6, 6.07) is 20.6. The van der Waals surface area contributed by atoms with E-state index < -0.39 is 96.0 Å². The van der Waals surface area contributed by atoms with Crippen LogP contribution in [0.5, 0.6) is 11.5 Å². The van der Waals surface area contributed by atoms with Crippen LogP contribution in [0.2, 0.25) is 0 Å². The number of fused-ring (bicyclic) bond motifs is 1. The number of amides is 4. The second-order valence-electron chi connectivity index (χ2n) is 14.7. The highest BCUT2D eigenvalue weighted by molar-refractivity contribution is 6.00. The zero-order chi connectivity index (χ0) is 46.2. The van der Waals surface area contributed by atoms with Crippen LogP contribution in [0, 0.1) is 23.3 Å². The number of halogens is 4. The number of rotatable bonds is 16. The van der Waals surface area contributed by atoms with Crippen molar-refractivity contribution in [1.82, 2.24) is 20.0 Å². The summed E-state index contributed by atoms with van der Waals surface area (Å²) in [6.07, 6.45) is -0.811. The van der Waals surface area contributed by atoms with Crippen LogP contribution >= 0.6 is 0 Å². The number of carbonyl (C=O) groups excluding carboxylic acids is 4. The number of likely N-dealkylation sites (N-methyl/N-ethyl adjacent to an activating group) is 2. The zero-order valence-electron chi connectivity index (χ0n) is 34.9. The minimum absolute atomic E-state index is 0.0125. The fourth-order valence-corrected chi connectivity index (χ4v) is 7.08. The van der Waals surface area contributed by atoms with Gasteiger partial charge in [0.15, 0.2) is 0 Å². The summed E-state index contributed by atoms with van der Waals surface area (Å²) in [5.74, 6) is -6.19.